The molecule has 2 aliphatic carbocycles. The Bertz CT molecular complexity index is 3440. The highest BCUT2D eigenvalue weighted by atomic mass is 16.7. The molecule has 10 rings (SSSR count). The zero-order valence-corrected chi connectivity index (χ0v) is 48.9. The summed E-state index contributed by atoms with van der Waals surface area (Å²) in [4.78, 5) is 74.3. The summed E-state index contributed by atoms with van der Waals surface area (Å²) in [5.41, 5.74) is 11.5. The Balaban J connectivity index is 0.000000216. The molecule has 0 spiro atoms. The van der Waals surface area contributed by atoms with Crippen molar-refractivity contribution in [3.8, 4) is 22.3 Å². The fraction of sp³-hybridized carbons (Fsp3) is 0.211. The first kappa shape index (κ1) is 62.9. The number of amides is 2. The van der Waals surface area contributed by atoms with E-state index in [-0.39, 0.29) is 31.7 Å². The number of alkyl carbamates (subject to hydrolysis) is 1. The van der Waals surface area contributed by atoms with Gasteiger partial charge in [-0.15, -0.1) is 0 Å². The van der Waals surface area contributed by atoms with E-state index >= 15 is 0 Å². The van der Waals surface area contributed by atoms with Gasteiger partial charge < -0.3 is 39.4 Å². The van der Waals surface area contributed by atoms with Crippen molar-refractivity contribution in [2.75, 3.05) is 48.1 Å². The summed E-state index contributed by atoms with van der Waals surface area (Å²) < 4.78 is 28.2. The number of ether oxygens (including phenoxy) is 5. The molecule has 2 unspecified atom stereocenters. The van der Waals surface area contributed by atoms with Gasteiger partial charge in [-0.3, -0.25) is 19.4 Å². The van der Waals surface area contributed by atoms with Crippen molar-refractivity contribution in [3.63, 3.8) is 0 Å². The Morgan fingerprint density at radius 1 is 0.529 bits per heavy atom. The SMILES string of the molecule is C=CCOC(=O)CC(NC(=O)OCC1c2ccccc2-c2ccccc21)C(=O)OC(c1ccccc1)c1ccccc1.CNC.CON(C)C(=O)CC(N=C([O-])OCC1c2ccccc2-c2ccccc21)C(=O)OC(c1ccccc1)c1ccccc1. The van der Waals surface area contributed by atoms with Crippen LogP contribution in [0.3, 0.4) is 0 Å². The maximum Gasteiger partial charge on any atom is 0.407 e. The zero-order chi connectivity index (χ0) is 61.5. The number of benzene rings is 8. The molecule has 2 atom stereocenters. The summed E-state index contributed by atoms with van der Waals surface area (Å²) in [6, 6.07) is 66.1. The molecule has 2 aliphatic rings. The lowest BCUT2D eigenvalue weighted by atomic mass is 9.98. The van der Waals surface area contributed by atoms with Crippen molar-refractivity contribution in [3.05, 3.63) is 276 Å². The fourth-order valence-electron chi connectivity index (χ4n) is 10.3. The number of carbonyl (C=O) groups excluding carboxylic acids is 5. The molecule has 0 aromatic heterocycles. The first-order valence-corrected chi connectivity index (χ1v) is 28.4. The molecular weight excluding hydrogens is 1100 g/mol. The van der Waals surface area contributed by atoms with Crippen LogP contribution in [0.25, 0.3) is 22.3 Å². The quantitative estimate of drug-likeness (QED) is 0.0172. The molecule has 0 fully saturated rings. The fourth-order valence-corrected chi connectivity index (χ4v) is 10.3. The monoisotopic (exact) mass is 1170 g/mol. The van der Waals surface area contributed by atoms with Crippen LogP contribution in [0, 0.1) is 0 Å². The Labute approximate surface area is 507 Å². The van der Waals surface area contributed by atoms with E-state index in [1.165, 1.54) is 20.2 Å². The van der Waals surface area contributed by atoms with Crippen LogP contribution >= 0.6 is 0 Å². The number of hydrogen-bond acceptors (Lipinski definition) is 14. The van der Waals surface area contributed by atoms with Gasteiger partial charge in [-0.2, -0.15) is 0 Å². The molecule has 0 radical (unpaired) electrons. The second-order valence-electron chi connectivity index (χ2n) is 20.2. The van der Waals surface area contributed by atoms with Gasteiger partial charge in [-0.25, -0.2) is 19.4 Å². The van der Waals surface area contributed by atoms with Gasteiger partial charge in [-0.05, 0) is 80.9 Å². The molecule has 0 aliphatic heterocycles. The summed E-state index contributed by atoms with van der Waals surface area (Å²) in [6.07, 6.45) is -2.78. The highest BCUT2D eigenvalue weighted by molar-refractivity contribution is 5.88. The summed E-state index contributed by atoms with van der Waals surface area (Å²) in [7, 11) is 6.49. The molecule has 446 valence electrons. The molecule has 0 saturated carbocycles. The van der Waals surface area contributed by atoms with E-state index in [1.54, 1.807) is 0 Å². The first-order valence-electron chi connectivity index (χ1n) is 28.4. The normalized spacial score (nSPS) is 12.6. The second kappa shape index (κ2) is 31.7. The van der Waals surface area contributed by atoms with Crippen molar-refractivity contribution in [1.29, 1.82) is 0 Å². The number of hydrogen-bond donors (Lipinski definition) is 2. The second-order valence-corrected chi connectivity index (χ2v) is 20.2. The van der Waals surface area contributed by atoms with E-state index in [0.29, 0.717) is 0 Å². The van der Waals surface area contributed by atoms with Crippen molar-refractivity contribution >= 4 is 36.0 Å². The summed E-state index contributed by atoms with van der Waals surface area (Å²) in [6.45, 7) is 3.60. The van der Waals surface area contributed by atoms with Crippen LogP contribution in [0.5, 0.6) is 0 Å². The molecule has 8 aromatic carbocycles. The third-order valence-electron chi connectivity index (χ3n) is 14.4. The van der Waals surface area contributed by atoms with Crippen LogP contribution in [-0.4, -0.2) is 101 Å². The van der Waals surface area contributed by atoms with Gasteiger partial charge in [0.25, 0.3) is 0 Å². The van der Waals surface area contributed by atoms with Gasteiger partial charge in [0.2, 0.25) is 5.91 Å². The number of hydroxylamine groups is 2. The van der Waals surface area contributed by atoms with Crippen LogP contribution in [0.1, 0.15) is 81.4 Å². The van der Waals surface area contributed by atoms with Crippen LogP contribution in [0.4, 0.5) is 4.79 Å². The number of carbonyl (C=O) groups is 5. The van der Waals surface area contributed by atoms with Crippen LogP contribution < -0.4 is 15.7 Å². The van der Waals surface area contributed by atoms with E-state index in [0.717, 1.165) is 71.8 Å². The third-order valence-corrected chi connectivity index (χ3v) is 14.4. The number of aliphatic imine (C=N–C) groups is 1. The standard InChI is InChI=1S/C35H31NO6.C34H32N2O6.C2H7N/c1-2-21-40-32(37)22-31(34(38)42-33(24-13-5-3-6-14-24)25-15-7-4-8-16-25)36-35(39)41-23-30-28-19-11-9-17-26(28)27-18-10-12-20-29(27)30;1-36(40-2)31(37)21-30(33(38)42-32(23-13-5-3-6-14-23)24-15-7-4-8-16-24)35-34(39)41-22-29-27-19-11-9-17-25(27)26-18-10-12-20-28(26)29;1-3-2/h2-20,30-31,33H,1,21-23H2,(H,36,39);3-20,29-30,32H,21-22H2,1-2H3,(H,35,39);3H,1-2H3/p-1. The minimum absolute atomic E-state index is 0.0256. The number of fused-ring (bicyclic) bond motifs is 6. The minimum atomic E-state index is -1.44. The van der Waals surface area contributed by atoms with Gasteiger partial charge in [0.1, 0.15) is 25.3 Å². The van der Waals surface area contributed by atoms with Crippen molar-refractivity contribution in [2.24, 2.45) is 4.99 Å². The Morgan fingerprint density at radius 3 is 1.26 bits per heavy atom. The molecule has 16 heteroatoms. The predicted molar refractivity (Wildman–Crippen MR) is 330 cm³/mol. The number of nitrogens with zero attached hydrogens (tertiary/aromatic N) is 2. The van der Waals surface area contributed by atoms with Gasteiger partial charge >= 0.3 is 24.0 Å². The molecule has 8 aromatic rings. The van der Waals surface area contributed by atoms with E-state index in [2.05, 4.69) is 22.2 Å². The zero-order valence-electron chi connectivity index (χ0n) is 48.9. The topological polar surface area (TPSA) is 203 Å². The van der Waals surface area contributed by atoms with E-state index in [9.17, 15) is 29.1 Å². The maximum atomic E-state index is 13.5. The maximum absolute atomic E-state index is 13.5. The average molecular weight is 1170 g/mol. The minimum Gasteiger partial charge on any atom is -0.599 e. The van der Waals surface area contributed by atoms with Gasteiger partial charge in [0.05, 0.1) is 20.0 Å². The lowest BCUT2D eigenvalue weighted by molar-refractivity contribution is -0.251. The molecule has 87 heavy (non-hydrogen) atoms. The number of nitrogens with one attached hydrogen (secondary N) is 2. The van der Waals surface area contributed by atoms with Crippen LogP contribution in [-0.2, 0) is 47.7 Å². The van der Waals surface area contributed by atoms with Gasteiger partial charge in [-0.1, -0.05) is 231 Å². The van der Waals surface area contributed by atoms with Crippen molar-refractivity contribution in [2.45, 2.75) is 49.0 Å². The van der Waals surface area contributed by atoms with E-state index in [4.69, 9.17) is 28.5 Å². The smallest absolute Gasteiger partial charge is 0.407 e. The predicted octanol–water partition coefficient (Wildman–Crippen LogP) is 10.8. The van der Waals surface area contributed by atoms with E-state index in [1.807, 2.05) is 232 Å². The highest BCUT2D eigenvalue weighted by Gasteiger charge is 2.34. The molecule has 2 amide bonds. The lowest BCUT2D eigenvalue weighted by Crippen LogP contribution is -2.44. The summed E-state index contributed by atoms with van der Waals surface area (Å²) in [5.74, 6) is -3.20. The lowest BCUT2D eigenvalue weighted by Gasteiger charge is -2.24. The Hall–Kier alpha value is -10.2. The summed E-state index contributed by atoms with van der Waals surface area (Å²) >= 11 is 0. The first-order chi connectivity index (χ1) is 42.4. The number of esters is 3. The molecule has 0 heterocycles. The van der Waals surface area contributed by atoms with Crippen molar-refractivity contribution < 1.29 is 57.6 Å². The molecule has 0 saturated heterocycles. The summed E-state index contributed by atoms with van der Waals surface area (Å²) in [5, 5.41) is 19.3. The molecule has 16 nitrogen and oxygen atoms in total. The highest BCUT2D eigenvalue weighted by Crippen LogP contribution is 2.46. The molecular formula is C71H69N4O12-. The van der Waals surface area contributed by atoms with Gasteiger partial charge in [0, 0.05) is 25.5 Å². The third kappa shape index (κ3) is 16.6. The average Bonchev–Trinajstić information content (AvgIpc) is 1.77. The Kier molecular flexibility index (Phi) is 22.9. The molecule has 0 bridgehead atoms. The largest absolute Gasteiger partial charge is 0.599 e. The van der Waals surface area contributed by atoms with Crippen LogP contribution in [0.15, 0.2) is 236 Å². The van der Waals surface area contributed by atoms with Crippen molar-refractivity contribution in [1.82, 2.24) is 15.7 Å². The Morgan fingerprint density at radius 2 is 0.885 bits per heavy atom. The van der Waals surface area contributed by atoms with Crippen LogP contribution in [0.2, 0.25) is 0 Å². The van der Waals surface area contributed by atoms with E-state index < -0.39 is 73.1 Å². The number of rotatable bonds is 21. The molecule has 2 N–H and O–H groups in total. The van der Waals surface area contributed by atoms with Gasteiger partial charge in [0.15, 0.2) is 18.2 Å².